The lowest BCUT2D eigenvalue weighted by Gasteiger charge is -2.02. The highest BCUT2D eigenvalue weighted by atomic mass is 16.6. The monoisotopic (exact) mass is 249 g/mol. The maximum Gasteiger partial charge on any atom is 0.306 e. The van der Waals surface area contributed by atoms with Gasteiger partial charge >= 0.3 is 5.69 Å². The highest BCUT2D eigenvalue weighted by Gasteiger charge is 2.07. The van der Waals surface area contributed by atoms with Gasteiger partial charge in [0.05, 0.1) is 4.92 Å². The average Bonchev–Trinajstić information content (AvgIpc) is 2.98. The summed E-state index contributed by atoms with van der Waals surface area (Å²) < 4.78 is 3.52. The lowest BCUT2D eigenvalue weighted by molar-refractivity contribution is -0.385. The first kappa shape index (κ1) is 12.3. The van der Waals surface area contributed by atoms with Gasteiger partial charge in [-0.1, -0.05) is 0 Å². The van der Waals surface area contributed by atoms with Gasteiger partial charge in [0, 0.05) is 25.5 Å². The van der Waals surface area contributed by atoms with Gasteiger partial charge in [0.2, 0.25) is 0 Å². The van der Waals surface area contributed by atoms with E-state index in [4.69, 9.17) is 0 Å². The van der Waals surface area contributed by atoms with Gasteiger partial charge < -0.3 is 0 Å². The fourth-order valence-electron chi connectivity index (χ4n) is 1.73. The van der Waals surface area contributed by atoms with Gasteiger partial charge in [-0.05, 0) is 25.3 Å². The molecule has 0 aliphatic carbocycles. The van der Waals surface area contributed by atoms with Crippen LogP contribution in [0.5, 0.6) is 0 Å². The maximum atomic E-state index is 10.5. The summed E-state index contributed by atoms with van der Waals surface area (Å²) in [4.78, 5) is 10.0. The molecule has 2 heterocycles. The van der Waals surface area contributed by atoms with Crippen LogP contribution in [0.15, 0.2) is 30.9 Å². The van der Waals surface area contributed by atoms with Gasteiger partial charge in [0.25, 0.3) is 0 Å². The van der Waals surface area contributed by atoms with Crippen LogP contribution in [0.3, 0.4) is 0 Å². The van der Waals surface area contributed by atoms with Crippen LogP contribution in [-0.2, 0) is 13.1 Å². The van der Waals surface area contributed by atoms with Gasteiger partial charge in [-0.25, -0.2) is 0 Å². The van der Waals surface area contributed by atoms with Gasteiger partial charge in [-0.15, -0.1) is 0 Å². The van der Waals surface area contributed by atoms with Gasteiger partial charge in [0.1, 0.15) is 12.4 Å². The van der Waals surface area contributed by atoms with E-state index in [1.54, 1.807) is 10.9 Å². The van der Waals surface area contributed by atoms with Crippen molar-refractivity contribution < 1.29 is 4.92 Å². The summed E-state index contributed by atoms with van der Waals surface area (Å²) in [5.74, 6) is 0. The largest absolute Gasteiger partial charge is 0.306 e. The van der Waals surface area contributed by atoms with Gasteiger partial charge in [-0.3, -0.25) is 19.5 Å². The van der Waals surface area contributed by atoms with Crippen LogP contribution in [-0.4, -0.2) is 24.5 Å². The molecule has 2 aromatic rings. The number of hydrogen-bond donors (Lipinski definition) is 0. The summed E-state index contributed by atoms with van der Waals surface area (Å²) in [7, 11) is 0. The van der Waals surface area contributed by atoms with E-state index in [9.17, 15) is 10.1 Å². The molecule has 0 bridgehead atoms. The Kier molecular flexibility index (Phi) is 4.06. The van der Waals surface area contributed by atoms with Crippen molar-refractivity contribution in [1.82, 2.24) is 19.6 Å². The fraction of sp³-hybridized carbons (Fsp3) is 0.455. The fourth-order valence-corrected chi connectivity index (χ4v) is 1.73. The summed E-state index contributed by atoms with van der Waals surface area (Å²) in [6.07, 6.45) is 9.51. The molecular formula is C11H15N5O2. The lowest BCUT2D eigenvalue weighted by atomic mass is 10.2. The molecule has 0 unspecified atom stereocenters. The first-order valence-electron chi connectivity index (χ1n) is 5.90. The smallest absolute Gasteiger partial charge is 0.273 e. The van der Waals surface area contributed by atoms with Crippen LogP contribution in [0, 0.1) is 10.1 Å². The van der Waals surface area contributed by atoms with E-state index in [0.29, 0.717) is 6.54 Å². The van der Waals surface area contributed by atoms with Crippen LogP contribution >= 0.6 is 0 Å². The third-order valence-corrected chi connectivity index (χ3v) is 2.66. The molecule has 0 aliphatic heterocycles. The number of nitro groups is 1. The minimum atomic E-state index is -0.429. The Morgan fingerprint density at radius 2 is 1.94 bits per heavy atom. The number of aromatic nitrogens is 4. The highest BCUT2D eigenvalue weighted by Crippen LogP contribution is 2.09. The molecular weight excluding hydrogens is 234 g/mol. The molecule has 0 aliphatic rings. The Morgan fingerprint density at radius 1 is 1.17 bits per heavy atom. The predicted molar refractivity (Wildman–Crippen MR) is 65.0 cm³/mol. The van der Waals surface area contributed by atoms with E-state index in [1.807, 2.05) is 16.9 Å². The second-order valence-electron chi connectivity index (χ2n) is 4.05. The predicted octanol–water partition coefficient (Wildman–Crippen LogP) is 1.86. The second kappa shape index (κ2) is 5.95. The Morgan fingerprint density at radius 3 is 2.56 bits per heavy atom. The van der Waals surface area contributed by atoms with Crippen molar-refractivity contribution in [2.45, 2.75) is 32.4 Å². The van der Waals surface area contributed by atoms with Crippen LogP contribution in [0.1, 0.15) is 19.3 Å². The topological polar surface area (TPSA) is 78.8 Å². The molecule has 0 saturated carbocycles. The van der Waals surface area contributed by atoms with E-state index in [2.05, 4.69) is 10.2 Å². The third-order valence-electron chi connectivity index (χ3n) is 2.66. The molecule has 2 aromatic heterocycles. The van der Waals surface area contributed by atoms with Crippen molar-refractivity contribution in [2.24, 2.45) is 0 Å². The van der Waals surface area contributed by atoms with Crippen LogP contribution < -0.4 is 0 Å². The lowest BCUT2D eigenvalue weighted by Crippen LogP contribution is -2.01. The van der Waals surface area contributed by atoms with Crippen LogP contribution in [0.2, 0.25) is 0 Å². The highest BCUT2D eigenvalue weighted by molar-refractivity contribution is 5.20. The van der Waals surface area contributed by atoms with Crippen LogP contribution in [0.25, 0.3) is 0 Å². The van der Waals surface area contributed by atoms with Crippen molar-refractivity contribution in [1.29, 1.82) is 0 Å². The first-order valence-corrected chi connectivity index (χ1v) is 5.90. The molecule has 0 amide bonds. The Labute approximate surface area is 104 Å². The summed E-state index contributed by atoms with van der Waals surface area (Å²) >= 11 is 0. The van der Waals surface area contributed by atoms with Crippen molar-refractivity contribution in [3.8, 4) is 0 Å². The average molecular weight is 249 g/mol. The molecule has 2 rings (SSSR count). The SMILES string of the molecule is O=[N+]([O-])c1cnn(CCCCCn2cccn2)c1. The first-order chi connectivity index (χ1) is 8.75. The van der Waals surface area contributed by atoms with Crippen molar-refractivity contribution in [3.05, 3.63) is 41.0 Å². The van der Waals surface area contributed by atoms with Gasteiger partial charge in [0.15, 0.2) is 0 Å². The third kappa shape index (κ3) is 3.41. The number of nitrogens with zero attached hydrogens (tertiary/aromatic N) is 5. The summed E-state index contributed by atoms with van der Waals surface area (Å²) in [6.45, 7) is 1.62. The van der Waals surface area contributed by atoms with E-state index in [-0.39, 0.29) is 5.69 Å². The molecule has 18 heavy (non-hydrogen) atoms. The summed E-state index contributed by atoms with van der Waals surface area (Å²) in [5.41, 5.74) is 0.0477. The van der Waals surface area contributed by atoms with Crippen molar-refractivity contribution in [2.75, 3.05) is 0 Å². The molecule has 7 heteroatoms. The number of hydrogen-bond acceptors (Lipinski definition) is 4. The summed E-state index contributed by atoms with van der Waals surface area (Å²) in [5, 5.41) is 18.5. The van der Waals surface area contributed by atoms with Crippen molar-refractivity contribution in [3.63, 3.8) is 0 Å². The molecule has 0 fully saturated rings. The normalized spacial score (nSPS) is 10.7. The Hall–Kier alpha value is -2.18. The van der Waals surface area contributed by atoms with Crippen LogP contribution in [0.4, 0.5) is 5.69 Å². The molecule has 0 saturated heterocycles. The van der Waals surface area contributed by atoms with Crippen molar-refractivity contribution >= 4 is 5.69 Å². The minimum absolute atomic E-state index is 0.0477. The molecule has 0 spiro atoms. The van der Waals surface area contributed by atoms with E-state index in [0.717, 1.165) is 25.8 Å². The number of aryl methyl sites for hydroxylation is 2. The van der Waals surface area contributed by atoms with E-state index < -0.39 is 4.92 Å². The molecule has 7 nitrogen and oxygen atoms in total. The molecule has 96 valence electrons. The quantitative estimate of drug-likeness (QED) is 0.426. The molecule has 0 radical (unpaired) electrons. The standard InChI is InChI=1S/C11H15N5O2/c17-16(18)11-9-13-15(10-11)7-3-1-2-6-14-8-4-5-12-14/h4-5,8-10H,1-3,6-7H2. The summed E-state index contributed by atoms with van der Waals surface area (Å²) in [6, 6.07) is 1.91. The molecule has 0 aromatic carbocycles. The Balaban J connectivity index is 1.64. The minimum Gasteiger partial charge on any atom is -0.273 e. The second-order valence-corrected chi connectivity index (χ2v) is 4.05. The zero-order valence-corrected chi connectivity index (χ0v) is 9.97. The number of unbranched alkanes of at least 4 members (excludes halogenated alkanes) is 2. The zero-order valence-electron chi connectivity index (χ0n) is 9.97. The number of rotatable bonds is 7. The molecule has 0 N–H and O–H groups in total. The van der Waals surface area contributed by atoms with E-state index >= 15 is 0 Å². The maximum absolute atomic E-state index is 10.5. The van der Waals surface area contributed by atoms with E-state index in [1.165, 1.54) is 12.4 Å². The molecule has 0 atom stereocenters. The Bertz CT molecular complexity index is 491. The zero-order chi connectivity index (χ0) is 12.8. The van der Waals surface area contributed by atoms with Gasteiger partial charge in [-0.2, -0.15) is 10.2 Å².